The molecule has 0 amide bonds. The number of rotatable bonds is 2. The molecular weight excluding hydrogens is 281 g/mol. The Kier molecular flexibility index (Phi) is 3.44. The number of pyridine rings is 1. The Hall–Kier alpha value is -0.800. The van der Waals surface area contributed by atoms with E-state index in [0.29, 0.717) is 11.1 Å². The fourth-order valence-electron chi connectivity index (χ4n) is 3.03. The van der Waals surface area contributed by atoms with Crippen LogP contribution in [0.2, 0.25) is 5.02 Å². The highest BCUT2D eigenvalue weighted by Gasteiger charge is 2.28. The summed E-state index contributed by atoms with van der Waals surface area (Å²) in [5.41, 5.74) is 1.75. The highest BCUT2D eigenvalue weighted by Crippen LogP contribution is 2.38. The van der Waals surface area contributed by atoms with Gasteiger partial charge in [-0.3, -0.25) is 0 Å². The lowest BCUT2D eigenvalue weighted by atomic mass is 10.1. The van der Waals surface area contributed by atoms with Gasteiger partial charge in [-0.2, -0.15) is 0 Å². The fraction of sp³-hybridized carbons (Fsp3) is 0.571. The number of nitrogens with zero attached hydrogens (tertiary/aromatic N) is 3. The molecule has 0 spiro atoms. The molecule has 0 radical (unpaired) electrons. The van der Waals surface area contributed by atoms with Crippen molar-refractivity contribution < 1.29 is 0 Å². The van der Waals surface area contributed by atoms with E-state index >= 15 is 0 Å². The SMILES string of the molecule is CC1CCC(n2c(C(C)Cl)nc3cc(Cl)cnc32)C1. The molecule has 3 rings (SSSR count). The van der Waals surface area contributed by atoms with Crippen LogP contribution in [0.1, 0.15) is 50.4 Å². The molecule has 0 aliphatic heterocycles. The number of halogens is 2. The second-order valence-corrected chi connectivity index (χ2v) is 6.62. The van der Waals surface area contributed by atoms with Gasteiger partial charge in [0.25, 0.3) is 0 Å². The van der Waals surface area contributed by atoms with E-state index in [4.69, 9.17) is 23.2 Å². The molecule has 0 bridgehead atoms. The van der Waals surface area contributed by atoms with Crippen molar-refractivity contribution in [1.29, 1.82) is 0 Å². The van der Waals surface area contributed by atoms with Gasteiger partial charge in [0.05, 0.1) is 10.4 Å². The van der Waals surface area contributed by atoms with Crippen LogP contribution in [0, 0.1) is 5.92 Å². The summed E-state index contributed by atoms with van der Waals surface area (Å²) in [6.45, 7) is 4.26. The summed E-state index contributed by atoms with van der Waals surface area (Å²) in [6, 6.07) is 2.33. The fourth-order valence-corrected chi connectivity index (χ4v) is 3.33. The van der Waals surface area contributed by atoms with Gasteiger partial charge in [-0.1, -0.05) is 18.5 Å². The van der Waals surface area contributed by atoms with Crippen LogP contribution in [-0.4, -0.2) is 14.5 Å². The predicted octanol–water partition coefficient (Wildman–Crippen LogP) is 4.75. The minimum absolute atomic E-state index is 0.121. The molecule has 1 aliphatic carbocycles. The molecule has 0 N–H and O–H groups in total. The maximum absolute atomic E-state index is 6.29. The molecule has 102 valence electrons. The van der Waals surface area contributed by atoms with Crippen LogP contribution in [-0.2, 0) is 0 Å². The maximum Gasteiger partial charge on any atom is 0.160 e. The zero-order valence-corrected chi connectivity index (χ0v) is 12.6. The van der Waals surface area contributed by atoms with Crippen LogP contribution in [0.5, 0.6) is 0 Å². The molecule has 3 nitrogen and oxygen atoms in total. The van der Waals surface area contributed by atoms with Gasteiger partial charge in [0.15, 0.2) is 5.65 Å². The van der Waals surface area contributed by atoms with Crippen LogP contribution < -0.4 is 0 Å². The molecule has 19 heavy (non-hydrogen) atoms. The number of alkyl halides is 1. The van der Waals surface area contributed by atoms with E-state index < -0.39 is 0 Å². The Labute approximate surface area is 122 Å². The van der Waals surface area contributed by atoms with Gasteiger partial charge in [-0.25, -0.2) is 9.97 Å². The van der Waals surface area contributed by atoms with Gasteiger partial charge < -0.3 is 4.57 Å². The van der Waals surface area contributed by atoms with E-state index in [1.807, 2.05) is 13.0 Å². The molecule has 2 heterocycles. The van der Waals surface area contributed by atoms with Crippen molar-refractivity contribution in [3.63, 3.8) is 0 Å². The van der Waals surface area contributed by atoms with Crippen molar-refractivity contribution in [3.05, 3.63) is 23.1 Å². The topological polar surface area (TPSA) is 30.7 Å². The minimum Gasteiger partial charge on any atom is -0.308 e. The summed E-state index contributed by atoms with van der Waals surface area (Å²) in [4.78, 5) is 9.09. The van der Waals surface area contributed by atoms with Gasteiger partial charge in [0.1, 0.15) is 11.3 Å². The first-order valence-corrected chi connectivity index (χ1v) is 7.55. The average Bonchev–Trinajstić information content (AvgIpc) is 2.91. The Morgan fingerprint density at radius 2 is 2.21 bits per heavy atom. The highest BCUT2D eigenvalue weighted by molar-refractivity contribution is 6.31. The quantitative estimate of drug-likeness (QED) is 0.749. The van der Waals surface area contributed by atoms with E-state index in [2.05, 4.69) is 21.5 Å². The zero-order valence-electron chi connectivity index (χ0n) is 11.1. The van der Waals surface area contributed by atoms with Gasteiger partial charge in [0, 0.05) is 12.2 Å². The van der Waals surface area contributed by atoms with Crippen molar-refractivity contribution in [2.75, 3.05) is 0 Å². The first kappa shape index (κ1) is 13.2. The van der Waals surface area contributed by atoms with Crippen molar-refractivity contribution >= 4 is 34.4 Å². The van der Waals surface area contributed by atoms with Crippen LogP contribution in [0.25, 0.3) is 11.2 Å². The highest BCUT2D eigenvalue weighted by atomic mass is 35.5. The number of fused-ring (bicyclic) bond motifs is 1. The summed E-state index contributed by atoms with van der Waals surface area (Å²) in [7, 11) is 0. The van der Waals surface area contributed by atoms with Crippen molar-refractivity contribution in [2.24, 2.45) is 5.92 Å². The standard InChI is InChI=1S/C14H17Cl2N3/c1-8-3-4-11(5-8)19-13(9(2)15)18-12-6-10(16)7-17-14(12)19/h6-9,11H,3-5H2,1-2H3. The molecule has 3 unspecified atom stereocenters. The van der Waals surface area contributed by atoms with Gasteiger partial charge in [-0.15, -0.1) is 11.6 Å². The largest absolute Gasteiger partial charge is 0.308 e. The second-order valence-electron chi connectivity index (χ2n) is 5.52. The van der Waals surface area contributed by atoms with E-state index in [1.165, 1.54) is 19.3 Å². The van der Waals surface area contributed by atoms with E-state index in [9.17, 15) is 0 Å². The van der Waals surface area contributed by atoms with Crippen LogP contribution >= 0.6 is 23.2 Å². The Morgan fingerprint density at radius 3 is 2.84 bits per heavy atom. The molecule has 1 saturated carbocycles. The second kappa shape index (κ2) is 4.95. The zero-order chi connectivity index (χ0) is 13.6. The molecule has 2 aromatic rings. The molecule has 5 heteroatoms. The van der Waals surface area contributed by atoms with Crippen LogP contribution in [0.3, 0.4) is 0 Å². The third-order valence-electron chi connectivity index (χ3n) is 3.91. The molecule has 0 aromatic carbocycles. The van der Waals surface area contributed by atoms with Crippen LogP contribution in [0.4, 0.5) is 0 Å². The van der Waals surface area contributed by atoms with Crippen LogP contribution in [0.15, 0.2) is 12.3 Å². The monoisotopic (exact) mass is 297 g/mol. The van der Waals surface area contributed by atoms with Crippen molar-refractivity contribution in [2.45, 2.75) is 44.5 Å². The Balaban J connectivity index is 2.16. The Morgan fingerprint density at radius 1 is 1.42 bits per heavy atom. The molecule has 3 atom stereocenters. The lowest BCUT2D eigenvalue weighted by Crippen LogP contribution is -2.10. The smallest absolute Gasteiger partial charge is 0.160 e. The van der Waals surface area contributed by atoms with Crippen molar-refractivity contribution in [3.8, 4) is 0 Å². The average molecular weight is 298 g/mol. The number of hydrogen-bond donors (Lipinski definition) is 0. The summed E-state index contributed by atoms with van der Waals surface area (Å²) < 4.78 is 2.23. The van der Waals surface area contributed by atoms with Gasteiger partial charge in [-0.05, 0) is 38.2 Å². The minimum atomic E-state index is -0.121. The molecule has 0 saturated heterocycles. The molecule has 1 aliphatic rings. The van der Waals surface area contributed by atoms with E-state index in [-0.39, 0.29) is 5.38 Å². The summed E-state index contributed by atoms with van der Waals surface area (Å²) >= 11 is 12.3. The van der Waals surface area contributed by atoms with E-state index in [0.717, 1.165) is 22.9 Å². The number of imidazole rings is 1. The van der Waals surface area contributed by atoms with Gasteiger partial charge in [0.2, 0.25) is 0 Å². The number of aromatic nitrogens is 3. The Bertz CT molecular complexity index is 606. The summed E-state index contributed by atoms with van der Waals surface area (Å²) in [6.07, 6.45) is 5.29. The summed E-state index contributed by atoms with van der Waals surface area (Å²) in [5, 5.41) is 0.495. The first-order chi connectivity index (χ1) is 9.06. The summed E-state index contributed by atoms with van der Waals surface area (Å²) in [5.74, 6) is 1.67. The molecular formula is C14H17Cl2N3. The first-order valence-electron chi connectivity index (χ1n) is 6.73. The number of hydrogen-bond acceptors (Lipinski definition) is 2. The molecule has 2 aromatic heterocycles. The van der Waals surface area contributed by atoms with Gasteiger partial charge >= 0.3 is 0 Å². The third kappa shape index (κ3) is 2.34. The lowest BCUT2D eigenvalue weighted by molar-refractivity contribution is 0.485. The normalized spacial score (nSPS) is 25.1. The predicted molar refractivity (Wildman–Crippen MR) is 78.9 cm³/mol. The maximum atomic E-state index is 6.29. The molecule has 1 fully saturated rings. The lowest BCUT2D eigenvalue weighted by Gasteiger charge is -2.17. The van der Waals surface area contributed by atoms with Crippen molar-refractivity contribution in [1.82, 2.24) is 14.5 Å². The van der Waals surface area contributed by atoms with E-state index in [1.54, 1.807) is 6.20 Å². The third-order valence-corrected chi connectivity index (χ3v) is 4.31.